The number of anilines is 1. The van der Waals surface area contributed by atoms with Crippen molar-refractivity contribution in [3.8, 4) is 0 Å². The fourth-order valence-corrected chi connectivity index (χ4v) is 2.47. The fourth-order valence-electron chi connectivity index (χ4n) is 2.47. The standard InChI is InChI=1S/C13H17N3/c1-10-13-3-2-12(8-11(13)9-15-10)16-6-4-14-5-7-16/h2-3,8,14H,4-7,9H2,1H3. The van der Waals surface area contributed by atoms with Gasteiger partial charge >= 0.3 is 0 Å². The number of nitrogens with zero attached hydrogens (tertiary/aromatic N) is 2. The van der Waals surface area contributed by atoms with Crippen LogP contribution in [0.25, 0.3) is 0 Å². The molecule has 2 heterocycles. The third-order valence-electron chi connectivity index (χ3n) is 3.45. The zero-order chi connectivity index (χ0) is 11.0. The van der Waals surface area contributed by atoms with Crippen molar-refractivity contribution in [3.63, 3.8) is 0 Å². The van der Waals surface area contributed by atoms with Crippen molar-refractivity contribution in [2.75, 3.05) is 31.1 Å². The highest BCUT2D eigenvalue weighted by Crippen LogP contribution is 2.25. The van der Waals surface area contributed by atoms with E-state index in [0.29, 0.717) is 0 Å². The molecular formula is C13H17N3. The first-order chi connectivity index (χ1) is 7.84. The first kappa shape index (κ1) is 9.85. The number of piperazine rings is 1. The van der Waals surface area contributed by atoms with Crippen molar-refractivity contribution in [1.82, 2.24) is 5.32 Å². The number of hydrogen-bond acceptors (Lipinski definition) is 3. The van der Waals surface area contributed by atoms with Crippen LogP contribution in [0.3, 0.4) is 0 Å². The lowest BCUT2D eigenvalue weighted by Gasteiger charge is -2.29. The van der Waals surface area contributed by atoms with E-state index in [1.807, 2.05) is 0 Å². The third kappa shape index (κ3) is 1.61. The van der Waals surface area contributed by atoms with Crippen molar-refractivity contribution >= 4 is 11.4 Å². The average Bonchev–Trinajstić information content (AvgIpc) is 2.72. The molecule has 0 bridgehead atoms. The van der Waals surface area contributed by atoms with Crippen LogP contribution in [-0.4, -0.2) is 31.9 Å². The molecule has 3 nitrogen and oxygen atoms in total. The van der Waals surface area contributed by atoms with E-state index < -0.39 is 0 Å². The van der Waals surface area contributed by atoms with Crippen LogP contribution in [0.5, 0.6) is 0 Å². The second-order valence-corrected chi connectivity index (χ2v) is 4.48. The topological polar surface area (TPSA) is 27.6 Å². The van der Waals surface area contributed by atoms with Crippen LogP contribution in [-0.2, 0) is 6.54 Å². The molecule has 1 saturated heterocycles. The van der Waals surface area contributed by atoms with E-state index in [0.717, 1.165) is 32.7 Å². The lowest BCUT2D eigenvalue weighted by molar-refractivity contribution is 0.589. The molecule has 0 aliphatic carbocycles. The van der Waals surface area contributed by atoms with Gasteiger partial charge in [-0.3, -0.25) is 4.99 Å². The minimum Gasteiger partial charge on any atom is -0.369 e. The van der Waals surface area contributed by atoms with Gasteiger partial charge in [-0.15, -0.1) is 0 Å². The van der Waals surface area contributed by atoms with Gasteiger partial charge in [-0.25, -0.2) is 0 Å². The summed E-state index contributed by atoms with van der Waals surface area (Å²) in [5.41, 5.74) is 5.25. The number of rotatable bonds is 1. The van der Waals surface area contributed by atoms with Gasteiger partial charge in [-0.2, -0.15) is 0 Å². The first-order valence-electron chi connectivity index (χ1n) is 5.94. The van der Waals surface area contributed by atoms with Gasteiger partial charge in [-0.05, 0) is 24.6 Å². The molecule has 0 unspecified atom stereocenters. The van der Waals surface area contributed by atoms with E-state index in [2.05, 4.69) is 40.3 Å². The Labute approximate surface area is 96.2 Å². The van der Waals surface area contributed by atoms with Crippen LogP contribution < -0.4 is 10.2 Å². The van der Waals surface area contributed by atoms with Crippen LogP contribution in [0.2, 0.25) is 0 Å². The Kier molecular flexibility index (Phi) is 2.40. The summed E-state index contributed by atoms with van der Waals surface area (Å²) >= 11 is 0. The normalized spacial score (nSPS) is 19.6. The largest absolute Gasteiger partial charge is 0.369 e. The maximum atomic E-state index is 4.48. The van der Waals surface area contributed by atoms with Crippen molar-refractivity contribution in [2.45, 2.75) is 13.5 Å². The summed E-state index contributed by atoms with van der Waals surface area (Å²) in [5, 5.41) is 3.38. The third-order valence-corrected chi connectivity index (χ3v) is 3.45. The van der Waals surface area contributed by atoms with E-state index in [-0.39, 0.29) is 0 Å². The molecule has 1 aromatic rings. The van der Waals surface area contributed by atoms with Gasteiger partial charge in [0.2, 0.25) is 0 Å². The van der Waals surface area contributed by atoms with E-state index >= 15 is 0 Å². The molecule has 1 aromatic carbocycles. The smallest absolute Gasteiger partial charge is 0.0650 e. The summed E-state index contributed by atoms with van der Waals surface area (Å²) in [6, 6.07) is 6.76. The molecule has 2 aliphatic heterocycles. The molecule has 2 aliphatic rings. The molecular weight excluding hydrogens is 198 g/mol. The summed E-state index contributed by atoms with van der Waals surface area (Å²) < 4.78 is 0. The Morgan fingerprint density at radius 1 is 1.25 bits per heavy atom. The number of benzene rings is 1. The predicted octanol–water partition coefficient (Wildman–Crippen LogP) is 1.42. The minimum absolute atomic E-state index is 0.862. The lowest BCUT2D eigenvalue weighted by Crippen LogP contribution is -2.43. The van der Waals surface area contributed by atoms with E-state index in [9.17, 15) is 0 Å². The molecule has 0 aromatic heterocycles. The maximum Gasteiger partial charge on any atom is 0.0650 e. The van der Waals surface area contributed by atoms with E-state index in [4.69, 9.17) is 0 Å². The molecule has 3 heteroatoms. The molecule has 84 valence electrons. The Morgan fingerprint density at radius 2 is 2.06 bits per heavy atom. The van der Waals surface area contributed by atoms with Crippen molar-refractivity contribution < 1.29 is 0 Å². The average molecular weight is 215 g/mol. The monoisotopic (exact) mass is 215 g/mol. The summed E-state index contributed by atoms with van der Waals surface area (Å²) in [5.74, 6) is 0. The molecule has 3 rings (SSSR count). The van der Waals surface area contributed by atoms with Crippen LogP contribution >= 0.6 is 0 Å². The van der Waals surface area contributed by atoms with Gasteiger partial charge in [0, 0.05) is 43.1 Å². The minimum atomic E-state index is 0.862. The predicted molar refractivity (Wildman–Crippen MR) is 67.4 cm³/mol. The highest BCUT2D eigenvalue weighted by molar-refractivity contribution is 6.02. The second kappa shape index (κ2) is 3.91. The van der Waals surface area contributed by atoms with Crippen LogP contribution in [0.4, 0.5) is 5.69 Å². The van der Waals surface area contributed by atoms with E-state index in [1.165, 1.54) is 22.5 Å². The molecule has 0 spiro atoms. The summed E-state index contributed by atoms with van der Waals surface area (Å²) in [6.07, 6.45) is 0. The number of hydrogen-bond donors (Lipinski definition) is 1. The molecule has 0 amide bonds. The second-order valence-electron chi connectivity index (χ2n) is 4.48. The van der Waals surface area contributed by atoms with Gasteiger partial charge in [0.05, 0.1) is 6.54 Å². The van der Waals surface area contributed by atoms with Crippen LogP contribution in [0.1, 0.15) is 18.1 Å². The lowest BCUT2D eigenvalue weighted by atomic mass is 10.1. The number of fused-ring (bicyclic) bond motifs is 1. The zero-order valence-electron chi connectivity index (χ0n) is 9.66. The zero-order valence-corrected chi connectivity index (χ0v) is 9.66. The van der Waals surface area contributed by atoms with Crippen molar-refractivity contribution in [2.24, 2.45) is 4.99 Å². The Hall–Kier alpha value is -1.35. The number of nitrogens with one attached hydrogen (secondary N) is 1. The SMILES string of the molecule is CC1=NCc2cc(N3CCNCC3)ccc21. The maximum absolute atomic E-state index is 4.48. The highest BCUT2D eigenvalue weighted by Gasteiger charge is 2.15. The molecule has 0 radical (unpaired) electrons. The van der Waals surface area contributed by atoms with Crippen molar-refractivity contribution in [1.29, 1.82) is 0 Å². The summed E-state index contributed by atoms with van der Waals surface area (Å²) in [6.45, 7) is 7.36. The quantitative estimate of drug-likeness (QED) is 0.767. The van der Waals surface area contributed by atoms with Crippen LogP contribution in [0, 0.1) is 0 Å². The van der Waals surface area contributed by atoms with Gasteiger partial charge in [0.15, 0.2) is 0 Å². The highest BCUT2D eigenvalue weighted by atomic mass is 15.2. The molecule has 0 saturated carbocycles. The first-order valence-corrected chi connectivity index (χ1v) is 5.94. The molecule has 0 atom stereocenters. The molecule has 1 fully saturated rings. The molecule has 16 heavy (non-hydrogen) atoms. The van der Waals surface area contributed by atoms with Gasteiger partial charge in [0.1, 0.15) is 0 Å². The molecule has 1 N–H and O–H groups in total. The van der Waals surface area contributed by atoms with Crippen molar-refractivity contribution in [3.05, 3.63) is 29.3 Å². The van der Waals surface area contributed by atoms with Gasteiger partial charge in [0.25, 0.3) is 0 Å². The summed E-state index contributed by atoms with van der Waals surface area (Å²) in [4.78, 5) is 6.92. The van der Waals surface area contributed by atoms with E-state index in [1.54, 1.807) is 0 Å². The van der Waals surface area contributed by atoms with Gasteiger partial charge in [-0.1, -0.05) is 6.07 Å². The Morgan fingerprint density at radius 3 is 2.88 bits per heavy atom. The Bertz CT molecular complexity index is 431. The Balaban J connectivity index is 1.88. The fraction of sp³-hybridized carbons (Fsp3) is 0.462. The number of aliphatic imine (C=N–C) groups is 1. The van der Waals surface area contributed by atoms with Crippen LogP contribution in [0.15, 0.2) is 23.2 Å². The summed E-state index contributed by atoms with van der Waals surface area (Å²) in [7, 11) is 0. The van der Waals surface area contributed by atoms with Gasteiger partial charge < -0.3 is 10.2 Å².